The first-order valence-corrected chi connectivity index (χ1v) is 48.2. The molecule has 23 aromatic rings. The zero-order chi connectivity index (χ0) is 94.3. The van der Waals surface area contributed by atoms with Crippen molar-refractivity contribution in [2.24, 2.45) is 23.2 Å². The van der Waals surface area contributed by atoms with Crippen LogP contribution in [0.1, 0.15) is 110 Å². The molecule has 0 amide bonds. The van der Waals surface area contributed by atoms with Gasteiger partial charge >= 0.3 is 0 Å². The van der Waals surface area contributed by atoms with E-state index in [9.17, 15) is 0 Å². The van der Waals surface area contributed by atoms with Crippen molar-refractivity contribution < 1.29 is 13.3 Å². The molecule has 0 N–H and O–H groups in total. The largest absolute Gasteiger partial charge is 0.456 e. The molecule has 670 valence electrons. The number of rotatable bonds is 13. The van der Waals surface area contributed by atoms with Crippen LogP contribution >= 0.6 is 0 Å². The number of aromatic nitrogens is 9. The minimum Gasteiger partial charge on any atom is -0.456 e. The summed E-state index contributed by atoms with van der Waals surface area (Å²) in [5, 5.41) is 8.95. The van der Waals surface area contributed by atoms with Gasteiger partial charge in [-0.25, -0.2) is 44.9 Å². The fourth-order valence-corrected chi connectivity index (χ4v) is 22.5. The van der Waals surface area contributed by atoms with E-state index in [1.54, 1.807) is 0 Å². The lowest BCUT2D eigenvalue weighted by molar-refractivity contribution is 0.255. The van der Waals surface area contributed by atoms with Gasteiger partial charge in [-0.3, -0.25) is 0 Å². The van der Waals surface area contributed by atoms with Crippen LogP contribution in [0, 0.1) is 23.2 Å². The van der Waals surface area contributed by atoms with Gasteiger partial charge in [0.15, 0.2) is 52.4 Å². The van der Waals surface area contributed by atoms with Gasteiger partial charge in [0.2, 0.25) is 0 Å². The summed E-state index contributed by atoms with van der Waals surface area (Å²) < 4.78 is 19.8. The van der Waals surface area contributed by atoms with Gasteiger partial charge in [-0.15, -0.1) is 0 Å². The third-order valence-corrected chi connectivity index (χ3v) is 30.1. The van der Waals surface area contributed by atoms with Crippen LogP contribution < -0.4 is 0 Å². The molecule has 3 aliphatic carbocycles. The van der Waals surface area contributed by atoms with E-state index >= 15 is 0 Å². The van der Waals surface area contributed by atoms with Crippen molar-refractivity contribution in [3.05, 3.63) is 416 Å². The lowest BCUT2D eigenvalue weighted by atomic mass is 9.62. The van der Waals surface area contributed by atoms with Crippen molar-refractivity contribution in [3.63, 3.8) is 0 Å². The summed E-state index contributed by atoms with van der Waals surface area (Å²) in [5.74, 6) is 6.97. The molecule has 0 saturated carbocycles. The van der Waals surface area contributed by atoms with Gasteiger partial charge in [-0.05, 0) is 185 Å². The van der Waals surface area contributed by atoms with Crippen LogP contribution in [0.3, 0.4) is 0 Å². The maximum atomic E-state index is 6.66. The molecule has 12 heteroatoms. The molecule has 0 aliphatic heterocycles. The number of nitrogens with zero attached hydrogens (tertiary/aromatic N) is 9. The standard InChI is InChI=1S/C44H35N3O.C44H33N3O.C39H31N3O/c1-26(2)44(27(3)4)37-20-11-10-18-32(37)35-25-40-36(24-38(35)44)33-22-21-30(23-39(33)48-40)42-45-41(29-14-6-5-7-15-29)46-43(47-42)34-19-12-16-28-13-8-9-17-31(28)34;1-27(2)44(3)37-21-13-12-19-32(37)35-26-40-36(25-38(35)44)33-23-22-30(24-39(33)48-40)42-45-41(29-16-8-5-9-17-29)46-43(47-42)34-20-11-10-18-31(34)28-14-6-4-7-15-28;1-38(2,3)39(4)31-18-12-11-17-27(31)29-23-34-30(22-32(29)39)28-20-19-26(21-33(28)43-34)37-41-35(24-13-7-5-8-14-24)40-36(42-37)25-15-9-6-10-16-25/h5-27H,1-4H3;4-27H,1-3H3;5-23H,1-4H3. The quantitative estimate of drug-likeness (QED) is 0.108. The van der Waals surface area contributed by atoms with Crippen molar-refractivity contribution in [2.75, 3.05) is 0 Å². The Morgan fingerprint density at radius 1 is 0.201 bits per heavy atom. The SMILES string of the molecule is CC(C)(C)C1(C)c2ccccc2-c2cc3oc4cc(-c5nc(-c6ccccc6)nc(-c6ccccc6)n5)ccc4c3cc21.CC(C)C1(C(C)C)c2ccccc2-c2cc3oc4cc(-c5nc(-c6ccccc6)nc(-c6cccc7ccccc67)n5)ccc4c3cc21.CC(C)C1(C)c2ccccc2-c2cc3oc4cc(-c5nc(-c6ccccc6)nc(-c6ccccc6-c6ccccc6)n5)ccc4c3cc21. The molecular weight excluding hydrogens is 1700 g/mol. The van der Waals surface area contributed by atoms with Gasteiger partial charge < -0.3 is 13.3 Å². The maximum absolute atomic E-state index is 6.66. The zero-order valence-electron chi connectivity index (χ0n) is 79.4. The van der Waals surface area contributed by atoms with Gasteiger partial charge in [0.05, 0.1) is 0 Å². The predicted octanol–water partition coefficient (Wildman–Crippen LogP) is 33.0. The Kier molecular flexibility index (Phi) is 20.5. The Hall–Kier alpha value is -16.6. The molecule has 0 bridgehead atoms. The molecule has 6 heterocycles. The fraction of sp³-hybridized carbons (Fsp3) is 0.142. The van der Waals surface area contributed by atoms with Crippen molar-refractivity contribution in [1.29, 1.82) is 0 Å². The molecule has 0 fully saturated rings. The minimum absolute atomic E-state index is 0.0281. The Bertz CT molecular complexity index is 8750. The van der Waals surface area contributed by atoms with E-state index in [0.717, 1.165) is 138 Å². The maximum Gasteiger partial charge on any atom is 0.164 e. The molecule has 0 radical (unpaired) electrons. The van der Waals surface area contributed by atoms with Crippen molar-refractivity contribution >= 4 is 76.6 Å². The molecule has 17 aromatic carbocycles. The minimum atomic E-state index is -0.122. The summed E-state index contributed by atoms with van der Waals surface area (Å²) in [6, 6.07) is 133. The van der Waals surface area contributed by atoms with Crippen LogP contribution in [0.25, 0.3) is 224 Å². The molecule has 6 aromatic heterocycles. The van der Waals surface area contributed by atoms with E-state index in [4.69, 9.17) is 58.1 Å². The normalized spacial score (nSPS) is 14.9. The van der Waals surface area contributed by atoms with Gasteiger partial charge in [-0.1, -0.05) is 386 Å². The van der Waals surface area contributed by atoms with Gasteiger partial charge in [0.1, 0.15) is 33.5 Å². The van der Waals surface area contributed by atoms with Gasteiger partial charge in [0, 0.05) is 98.6 Å². The second-order valence-corrected chi connectivity index (χ2v) is 39.5. The van der Waals surface area contributed by atoms with E-state index in [0.29, 0.717) is 70.2 Å². The highest BCUT2D eigenvalue weighted by Gasteiger charge is 2.50. The number of fused-ring (bicyclic) bond motifs is 19. The van der Waals surface area contributed by atoms with Crippen LogP contribution in [-0.2, 0) is 16.2 Å². The monoisotopic (exact) mass is 1800 g/mol. The summed E-state index contributed by atoms with van der Waals surface area (Å²) >= 11 is 0. The van der Waals surface area contributed by atoms with Crippen LogP contribution in [-0.4, -0.2) is 44.9 Å². The third-order valence-electron chi connectivity index (χ3n) is 30.1. The van der Waals surface area contributed by atoms with Crippen molar-refractivity contribution in [3.8, 4) is 147 Å². The lowest BCUT2D eigenvalue weighted by Gasteiger charge is -2.41. The average molecular weight is 1800 g/mol. The Morgan fingerprint density at radius 2 is 0.504 bits per heavy atom. The Morgan fingerprint density at radius 3 is 0.935 bits per heavy atom. The van der Waals surface area contributed by atoms with Gasteiger partial charge in [0.25, 0.3) is 0 Å². The first-order valence-electron chi connectivity index (χ1n) is 48.2. The van der Waals surface area contributed by atoms with E-state index < -0.39 is 0 Å². The van der Waals surface area contributed by atoms with Crippen LogP contribution in [0.5, 0.6) is 0 Å². The molecular formula is C127H99N9O3. The van der Waals surface area contributed by atoms with E-state index in [2.05, 4.69) is 325 Å². The highest BCUT2D eigenvalue weighted by molar-refractivity contribution is 6.12. The molecule has 139 heavy (non-hydrogen) atoms. The van der Waals surface area contributed by atoms with E-state index in [-0.39, 0.29) is 21.7 Å². The zero-order valence-corrected chi connectivity index (χ0v) is 79.4. The van der Waals surface area contributed by atoms with Crippen LogP contribution in [0.15, 0.2) is 395 Å². The van der Waals surface area contributed by atoms with Crippen LogP contribution in [0.2, 0.25) is 0 Å². The van der Waals surface area contributed by atoms with E-state index in [1.165, 1.54) is 66.8 Å². The van der Waals surface area contributed by atoms with Crippen molar-refractivity contribution in [2.45, 2.75) is 92.4 Å². The van der Waals surface area contributed by atoms with Gasteiger partial charge in [-0.2, -0.15) is 0 Å². The Labute approximate surface area is 807 Å². The number of furan rings is 3. The summed E-state index contributed by atoms with van der Waals surface area (Å²) in [5.41, 5.74) is 31.5. The third kappa shape index (κ3) is 14.1. The Balaban J connectivity index is 0.000000114. The molecule has 12 nitrogen and oxygen atoms in total. The summed E-state index contributed by atoms with van der Waals surface area (Å²) in [6.07, 6.45) is 0. The molecule has 26 rings (SSSR count). The molecule has 0 saturated heterocycles. The molecule has 3 aliphatic rings. The molecule has 2 unspecified atom stereocenters. The summed E-state index contributed by atoms with van der Waals surface area (Å²) in [6.45, 7) is 25.9. The first kappa shape index (κ1) is 85.4. The van der Waals surface area contributed by atoms with Crippen molar-refractivity contribution in [1.82, 2.24) is 44.9 Å². The number of benzene rings is 17. The second kappa shape index (κ2) is 33.5. The molecule has 0 spiro atoms. The number of hydrogen-bond acceptors (Lipinski definition) is 12. The first-order chi connectivity index (χ1) is 67.7. The number of hydrogen-bond donors (Lipinski definition) is 0. The van der Waals surface area contributed by atoms with E-state index in [1.807, 2.05) is 133 Å². The topological polar surface area (TPSA) is 155 Å². The fourth-order valence-electron chi connectivity index (χ4n) is 22.5. The molecule has 2 atom stereocenters. The lowest BCUT2D eigenvalue weighted by Crippen LogP contribution is -2.37. The highest BCUT2D eigenvalue weighted by atomic mass is 16.3. The highest BCUT2D eigenvalue weighted by Crippen LogP contribution is 2.61. The summed E-state index contributed by atoms with van der Waals surface area (Å²) in [4.78, 5) is 44.9. The average Bonchev–Trinajstić information content (AvgIpc) is 1.53. The second-order valence-electron chi connectivity index (χ2n) is 39.5. The van der Waals surface area contributed by atoms with Crippen LogP contribution in [0.4, 0.5) is 0 Å². The summed E-state index contributed by atoms with van der Waals surface area (Å²) in [7, 11) is 0. The smallest absolute Gasteiger partial charge is 0.164 e. The predicted molar refractivity (Wildman–Crippen MR) is 567 cm³/mol.